The first-order chi connectivity index (χ1) is 14.3. The van der Waals surface area contributed by atoms with Gasteiger partial charge in [-0.25, -0.2) is 9.67 Å². The Balaban J connectivity index is 1.35. The molecule has 4 aromatic rings. The number of nitrogens with zero attached hydrogens (tertiary/aromatic N) is 6. The van der Waals surface area contributed by atoms with Crippen molar-refractivity contribution in [1.29, 1.82) is 0 Å². The fourth-order valence-electron chi connectivity index (χ4n) is 3.03. The Morgan fingerprint density at radius 3 is 2.76 bits per heavy atom. The van der Waals surface area contributed by atoms with Gasteiger partial charge < -0.3 is 10.6 Å². The van der Waals surface area contributed by atoms with Gasteiger partial charge >= 0.3 is 0 Å². The highest BCUT2D eigenvalue weighted by atomic mass is 15.3. The van der Waals surface area contributed by atoms with Gasteiger partial charge in [0, 0.05) is 25.5 Å². The molecule has 3 heterocycles. The number of aliphatic imine (C=N–C) groups is 1. The summed E-state index contributed by atoms with van der Waals surface area (Å²) in [5.74, 6) is 1.57. The second-order valence-electron chi connectivity index (χ2n) is 6.55. The van der Waals surface area contributed by atoms with Crippen molar-refractivity contribution in [3.8, 4) is 5.69 Å². The van der Waals surface area contributed by atoms with Crippen LogP contribution in [0, 0.1) is 0 Å². The van der Waals surface area contributed by atoms with Gasteiger partial charge in [-0.15, -0.1) is 10.2 Å². The Hall–Kier alpha value is -3.68. The van der Waals surface area contributed by atoms with Crippen LogP contribution in [0.1, 0.15) is 18.3 Å². The van der Waals surface area contributed by atoms with Crippen molar-refractivity contribution in [2.45, 2.75) is 19.9 Å². The van der Waals surface area contributed by atoms with Crippen molar-refractivity contribution in [1.82, 2.24) is 35.0 Å². The van der Waals surface area contributed by atoms with Gasteiger partial charge in [-0.1, -0.05) is 24.3 Å². The summed E-state index contributed by atoms with van der Waals surface area (Å²) in [6.45, 7) is 4.05. The molecule has 2 N–H and O–H groups in total. The number of para-hydroxylation sites is 1. The van der Waals surface area contributed by atoms with E-state index in [4.69, 9.17) is 0 Å². The molecule has 0 aliphatic rings. The molecule has 0 saturated carbocycles. The van der Waals surface area contributed by atoms with E-state index in [2.05, 4.69) is 37.1 Å². The zero-order valence-electron chi connectivity index (χ0n) is 16.4. The van der Waals surface area contributed by atoms with Crippen LogP contribution in [-0.4, -0.2) is 43.4 Å². The van der Waals surface area contributed by atoms with Crippen molar-refractivity contribution < 1.29 is 0 Å². The van der Waals surface area contributed by atoms with Crippen LogP contribution in [0.4, 0.5) is 0 Å². The number of hydrogen-bond donors (Lipinski definition) is 2. The third kappa shape index (κ3) is 4.60. The molecular weight excluding hydrogens is 364 g/mol. The van der Waals surface area contributed by atoms with Crippen LogP contribution >= 0.6 is 0 Å². The average Bonchev–Trinajstić information content (AvgIpc) is 3.40. The highest BCUT2D eigenvalue weighted by molar-refractivity contribution is 5.79. The molecule has 0 saturated heterocycles. The maximum absolute atomic E-state index is 4.64. The standard InChI is InChI=1S/C21H24N8/c1-2-22-21(24-15-20-27-26-19-10-6-7-13-28(19)20)23-12-11-17-14-25-29(16-17)18-8-4-3-5-9-18/h3-10,13-14,16H,2,11-12,15H2,1H3,(H2,22,23,24). The van der Waals surface area contributed by atoms with Crippen molar-refractivity contribution in [2.75, 3.05) is 13.1 Å². The van der Waals surface area contributed by atoms with E-state index in [1.807, 2.05) is 76.9 Å². The number of nitrogens with one attached hydrogen (secondary N) is 2. The van der Waals surface area contributed by atoms with Crippen LogP contribution in [0.5, 0.6) is 0 Å². The third-order valence-corrected chi connectivity index (χ3v) is 4.47. The Bertz CT molecular complexity index is 1080. The summed E-state index contributed by atoms with van der Waals surface area (Å²) >= 11 is 0. The van der Waals surface area contributed by atoms with Gasteiger partial charge in [-0.2, -0.15) is 5.10 Å². The van der Waals surface area contributed by atoms with Gasteiger partial charge in [0.05, 0.1) is 11.9 Å². The van der Waals surface area contributed by atoms with E-state index >= 15 is 0 Å². The van der Waals surface area contributed by atoms with Crippen molar-refractivity contribution in [3.63, 3.8) is 0 Å². The van der Waals surface area contributed by atoms with E-state index in [1.54, 1.807) is 0 Å². The third-order valence-electron chi connectivity index (χ3n) is 4.47. The maximum atomic E-state index is 4.64. The van der Waals surface area contributed by atoms with Gasteiger partial charge in [0.25, 0.3) is 0 Å². The summed E-state index contributed by atoms with van der Waals surface area (Å²) in [7, 11) is 0. The lowest BCUT2D eigenvalue weighted by Crippen LogP contribution is -2.38. The van der Waals surface area contributed by atoms with Gasteiger partial charge in [-0.05, 0) is 43.2 Å². The molecule has 4 rings (SSSR count). The van der Waals surface area contributed by atoms with Gasteiger partial charge in [0.2, 0.25) is 0 Å². The molecule has 8 heteroatoms. The maximum Gasteiger partial charge on any atom is 0.191 e. The lowest BCUT2D eigenvalue weighted by molar-refractivity contribution is 0.787. The summed E-state index contributed by atoms with van der Waals surface area (Å²) in [5.41, 5.74) is 3.05. The second kappa shape index (κ2) is 9.01. The van der Waals surface area contributed by atoms with Crippen LogP contribution in [0.15, 0.2) is 72.1 Å². The zero-order chi connectivity index (χ0) is 19.9. The van der Waals surface area contributed by atoms with Gasteiger partial charge in [0.15, 0.2) is 17.4 Å². The summed E-state index contributed by atoms with van der Waals surface area (Å²) in [6.07, 6.45) is 6.76. The fraction of sp³-hybridized carbons (Fsp3) is 0.238. The lowest BCUT2D eigenvalue weighted by Gasteiger charge is -2.10. The molecule has 1 aromatic carbocycles. The van der Waals surface area contributed by atoms with Crippen molar-refractivity contribution in [2.24, 2.45) is 4.99 Å². The first-order valence-electron chi connectivity index (χ1n) is 9.73. The highest BCUT2D eigenvalue weighted by Crippen LogP contribution is 2.08. The minimum absolute atomic E-state index is 0.451. The molecule has 0 bridgehead atoms. The van der Waals surface area contributed by atoms with E-state index in [-0.39, 0.29) is 0 Å². The van der Waals surface area contributed by atoms with Gasteiger partial charge in [0.1, 0.15) is 6.54 Å². The Labute approximate surface area is 169 Å². The molecular formula is C21H24N8. The molecule has 0 fully saturated rings. The Morgan fingerprint density at radius 2 is 1.90 bits per heavy atom. The second-order valence-corrected chi connectivity index (χ2v) is 6.55. The molecule has 0 aliphatic carbocycles. The number of hydrogen-bond acceptors (Lipinski definition) is 4. The summed E-state index contributed by atoms with van der Waals surface area (Å²) in [4.78, 5) is 4.64. The molecule has 0 atom stereocenters. The first kappa shape index (κ1) is 18.7. The minimum atomic E-state index is 0.451. The predicted molar refractivity (Wildman–Crippen MR) is 113 cm³/mol. The molecule has 8 nitrogen and oxygen atoms in total. The number of pyridine rings is 1. The minimum Gasteiger partial charge on any atom is -0.357 e. The van der Waals surface area contributed by atoms with Crippen LogP contribution in [0.25, 0.3) is 11.3 Å². The SMILES string of the molecule is CCNC(=NCc1nnc2ccccn12)NCCc1cnn(-c2ccccc2)c1. The van der Waals surface area contributed by atoms with E-state index in [1.165, 1.54) is 5.56 Å². The molecule has 3 aromatic heterocycles. The monoisotopic (exact) mass is 388 g/mol. The number of benzene rings is 1. The predicted octanol–water partition coefficient (Wildman–Crippen LogP) is 2.21. The zero-order valence-corrected chi connectivity index (χ0v) is 16.4. The van der Waals surface area contributed by atoms with Crippen molar-refractivity contribution in [3.05, 3.63) is 78.5 Å². The quantitative estimate of drug-likeness (QED) is 0.375. The van der Waals surface area contributed by atoms with Crippen LogP contribution in [0.2, 0.25) is 0 Å². The molecule has 29 heavy (non-hydrogen) atoms. The molecule has 0 unspecified atom stereocenters. The smallest absolute Gasteiger partial charge is 0.191 e. The first-order valence-corrected chi connectivity index (χ1v) is 9.73. The number of aromatic nitrogens is 5. The lowest BCUT2D eigenvalue weighted by atomic mass is 10.2. The normalized spacial score (nSPS) is 11.7. The van der Waals surface area contributed by atoms with E-state index in [0.717, 1.165) is 42.6 Å². The largest absolute Gasteiger partial charge is 0.357 e. The van der Waals surface area contributed by atoms with Crippen molar-refractivity contribution >= 4 is 11.6 Å². The summed E-state index contributed by atoms with van der Waals surface area (Å²) < 4.78 is 3.84. The highest BCUT2D eigenvalue weighted by Gasteiger charge is 2.05. The Kier molecular flexibility index (Phi) is 5.80. The number of rotatable bonds is 7. The van der Waals surface area contributed by atoms with Gasteiger partial charge in [-0.3, -0.25) is 4.40 Å². The molecule has 148 valence electrons. The van der Waals surface area contributed by atoms with E-state index in [0.29, 0.717) is 6.54 Å². The van der Waals surface area contributed by atoms with Crippen LogP contribution in [0.3, 0.4) is 0 Å². The molecule has 0 aliphatic heterocycles. The fourth-order valence-corrected chi connectivity index (χ4v) is 3.03. The van der Waals surface area contributed by atoms with E-state index in [9.17, 15) is 0 Å². The summed E-state index contributed by atoms with van der Waals surface area (Å²) in [6, 6.07) is 15.9. The molecule has 0 amide bonds. The van der Waals surface area contributed by atoms with Crippen LogP contribution in [-0.2, 0) is 13.0 Å². The number of guanidine groups is 1. The summed E-state index contributed by atoms with van der Waals surface area (Å²) in [5, 5.41) is 19.5. The average molecular weight is 388 g/mol. The van der Waals surface area contributed by atoms with E-state index < -0.39 is 0 Å². The molecule has 0 spiro atoms. The van der Waals surface area contributed by atoms with Crippen LogP contribution < -0.4 is 10.6 Å². The Morgan fingerprint density at radius 1 is 1.03 bits per heavy atom. The molecule has 0 radical (unpaired) electrons. The number of fused-ring (bicyclic) bond motifs is 1. The topological polar surface area (TPSA) is 84.4 Å².